The zero-order chi connectivity index (χ0) is 7.28. The number of hydrogen-bond acceptors (Lipinski definition) is 1. The molecule has 0 heterocycles. The van der Waals surface area contributed by atoms with E-state index in [2.05, 4.69) is 6.58 Å². The van der Waals surface area contributed by atoms with Crippen LogP contribution in [0.25, 0.3) is 0 Å². The largest absolute Gasteiger partial charge is 0.366 e. The summed E-state index contributed by atoms with van der Waals surface area (Å²) in [7, 11) is 0. The van der Waals surface area contributed by atoms with E-state index in [1.807, 2.05) is 13.0 Å². The van der Waals surface area contributed by atoms with Crippen LogP contribution in [0, 0.1) is 0 Å². The molecule has 0 aromatic carbocycles. The average Bonchev–Trinajstić information content (AvgIpc) is 1.82. The van der Waals surface area contributed by atoms with Gasteiger partial charge in [0, 0.05) is 5.57 Å². The number of rotatable bonds is 3. The van der Waals surface area contributed by atoms with Crippen molar-refractivity contribution in [1.29, 1.82) is 0 Å². The van der Waals surface area contributed by atoms with Crippen LogP contribution in [0.5, 0.6) is 0 Å². The molecule has 0 atom stereocenters. The molecule has 0 bridgehead atoms. The van der Waals surface area contributed by atoms with Gasteiger partial charge in [0.2, 0.25) is 5.91 Å². The first kappa shape index (κ1) is 7.95. The molecular weight excluding hydrogens is 114 g/mol. The van der Waals surface area contributed by atoms with Crippen molar-refractivity contribution in [3.8, 4) is 0 Å². The van der Waals surface area contributed by atoms with Crippen LogP contribution in [-0.2, 0) is 4.79 Å². The molecule has 0 aliphatic rings. The Morgan fingerprint density at radius 3 is 2.67 bits per heavy atom. The van der Waals surface area contributed by atoms with E-state index in [-0.39, 0.29) is 0 Å². The first-order chi connectivity index (χ1) is 4.18. The minimum atomic E-state index is -0.459. The van der Waals surface area contributed by atoms with Crippen molar-refractivity contribution in [3.63, 3.8) is 0 Å². The van der Waals surface area contributed by atoms with Crippen LogP contribution in [0.3, 0.4) is 0 Å². The van der Waals surface area contributed by atoms with Crippen LogP contribution >= 0.6 is 0 Å². The van der Waals surface area contributed by atoms with Crippen molar-refractivity contribution in [2.24, 2.45) is 5.73 Å². The molecule has 50 valence electrons. The summed E-state index contributed by atoms with van der Waals surface area (Å²) in [5.41, 5.74) is 5.25. The quantitative estimate of drug-likeness (QED) is 0.443. The topological polar surface area (TPSA) is 43.1 Å². The van der Waals surface area contributed by atoms with Crippen LogP contribution in [0.1, 0.15) is 13.3 Å². The van der Waals surface area contributed by atoms with E-state index in [1.165, 1.54) is 0 Å². The molecule has 0 fully saturated rings. The highest BCUT2D eigenvalue weighted by Gasteiger charge is 1.92. The fraction of sp³-hybridized carbons (Fsp3) is 0.286. The van der Waals surface area contributed by atoms with Crippen molar-refractivity contribution in [2.75, 3.05) is 0 Å². The molecule has 0 saturated carbocycles. The standard InChI is InChI=1S/C7H11NO/c1-3-4-5-6(2)7(8)9/h4-5H,2-3H2,1H3,(H2,8,9)/b5-4+. The average molecular weight is 125 g/mol. The van der Waals surface area contributed by atoms with E-state index < -0.39 is 5.91 Å². The zero-order valence-electron chi connectivity index (χ0n) is 5.55. The summed E-state index contributed by atoms with van der Waals surface area (Å²) in [6.45, 7) is 5.41. The van der Waals surface area contributed by atoms with Crippen LogP contribution in [-0.4, -0.2) is 5.91 Å². The van der Waals surface area contributed by atoms with Crippen molar-refractivity contribution >= 4 is 5.91 Å². The number of amides is 1. The lowest BCUT2D eigenvalue weighted by Crippen LogP contribution is -2.11. The maximum absolute atomic E-state index is 10.3. The molecule has 2 N–H and O–H groups in total. The lowest BCUT2D eigenvalue weighted by molar-refractivity contribution is -0.114. The summed E-state index contributed by atoms with van der Waals surface area (Å²) >= 11 is 0. The predicted octanol–water partition coefficient (Wildman–Crippen LogP) is 0.994. The second-order valence-corrected chi connectivity index (χ2v) is 1.70. The molecule has 0 saturated heterocycles. The molecule has 0 radical (unpaired) electrons. The van der Waals surface area contributed by atoms with E-state index >= 15 is 0 Å². The van der Waals surface area contributed by atoms with Gasteiger partial charge in [-0.25, -0.2) is 0 Å². The Balaban J connectivity index is 3.77. The minimum absolute atomic E-state index is 0.358. The fourth-order valence-corrected chi connectivity index (χ4v) is 0.342. The molecule has 0 unspecified atom stereocenters. The van der Waals surface area contributed by atoms with Gasteiger partial charge in [0.1, 0.15) is 0 Å². The van der Waals surface area contributed by atoms with E-state index in [4.69, 9.17) is 5.73 Å². The molecule has 0 aromatic rings. The normalized spacial score (nSPS) is 9.89. The molecule has 2 nitrogen and oxygen atoms in total. The Morgan fingerprint density at radius 1 is 1.78 bits per heavy atom. The lowest BCUT2D eigenvalue weighted by Gasteiger charge is -1.87. The maximum Gasteiger partial charge on any atom is 0.248 e. The number of carbonyl (C=O) groups excluding carboxylic acids is 1. The molecule has 0 rings (SSSR count). The molecule has 1 amide bonds. The van der Waals surface area contributed by atoms with Gasteiger partial charge in [-0.2, -0.15) is 0 Å². The number of allylic oxidation sites excluding steroid dienone is 1. The number of hydrogen-bond donors (Lipinski definition) is 1. The van der Waals surface area contributed by atoms with Gasteiger partial charge in [0.15, 0.2) is 0 Å². The molecule has 2 heteroatoms. The van der Waals surface area contributed by atoms with Gasteiger partial charge in [-0.1, -0.05) is 25.7 Å². The summed E-state index contributed by atoms with van der Waals surface area (Å²) in [4.78, 5) is 10.3. The van der Waals surface area contributed by atoms with Gasteiger partial charge in [0.05, 0.1) is 0 Å². The minimum Gasteiger partial charge on any atom is -0.366 e. The monoisotopic (exact) mass is 125 g/mol. The van der Waals surface area contributed by atoms with Crippen molar-refractivity contribution in [2.45, 2.75) is 13.3 Å². The van der Waals surface area contributed by atoms with E-state index in [1.54, 1.807) is 6.08 Å². The third-order valence-corrected chi connectivity index (χ3v) is 0.871. The first-order valence-electron chi connectivity index (χ1n) is 2.83. The fourth-order valence-electron chi connectivity index (χ4n) is 0.342. The second-order valence-electron chi connectivity index (χ2n) is 1.70. The van der Waals surface area contributed by atoms with E-state index in [0.717, 1.165) is 6.42 Å². The highest BCUT2D eigenvalue weighted by molar-refractivity contribution is 5.93. The van der Waals surface area contributed by atoms with Gasteiger partial charge in [-0.05, 0) is 6.42 Å². The Kier molecular flexibility index (Phi) is 3.44. The SMILES string of the molecule is C=C(/C=C/CC)C(N)=O. The second kappa shape index (κ2) is 3.89. The summed E-state index contributed by atoms with van der Waals surface area (Å²) < 4.78 is 0. The summed E-state index contributed by atoms with van der Waals surface area (Å²) in [5.74, 6) is -0.459. The van der Waals surface area contributed by atoms with E-state index in [0.29, 0.717) is 5.57 Å². The summed E-state index contributed by atoms with van der Waals surface area (Å²) in [6, 6.07) is 0. The van der Waals surface area contributed by atoms with Gasteiger partial charge in [-0.15, -0.1) is 0 Å². The Bertz CT molecular complexity index is 147. The predicted molar refractivity (Wildman–Crippen MR) is 37.8 cm³/mol. The van der Waals surface area contributed by atoms with Gasteiger partial charge >= 0.3 is 0 Å². The lowest BCUT2D eigenvalue weighted by atomic mass is 10.2. The zero-order valence-corrected chi connectivity index (χ0v) is 5.55. The molecule has 9 heavy (non-hydrogen) atoms. The van der Waals surface area contributed by atoms with Crippen LogP contribution < -0.4 is 5.73 Å². The number of nitrogens with two attached hydrogens (primary N) is 1. The van der Waals surface area contributed by atoms with Crippen molar-refractivity contribution < 1.29 is 4.79 Å². The smallest absolute Gasteiger partial charge is 0.248 e. The maximum atomic E-state index is 10.3. The molecular formula is C7H11NO. The van der Waals surface area contributed by atoms with Gasteiger partial charge in [0.25, 0.3) is 0 Å². The van der Waals surface area contributed by atoms with Crippen molar-refractivity contribution in [3.05, 3.63) is 24.3 Å². The molecule has 0 spiro atoms. The summed E-state index contributed by atoms with van der Waals surface area (Å²) in [5, 5.41) is 0. The third kappa shape index (κ3) is 3.53. The Hall–Kier alpha value is -1.05. The number of primary amides is 1. The Labute approximate surface area is 55.1 Å². The van der Waals surface area contributed by atoms with Gasteiger partial charge in [-0.3, -0.25) is 4.79 Å². The number of carbonyl (C=O) groups is 1. The van der Waals surface area contributed by atoms with E-state index in [9.17, 15) is 4.79 Å². The van der Waals surface area contributed by atoms with Crippen LogP contribution in [0.4, 0.5) is 0 Å². The van der Waals surface area contributed by atoms with Crippen LogP contribution in [0.15, 0.2) is 24.3 Å². The van der Waals surface area contributed by atoms with Crippen molar-refractivity contribution in [1.82, 2.24) is 0 Å². The molecule has 0 aromatic heterocycles. The molecule has 0 aliphatic carbocycles. The highest BCUT2D eigenvalue weighted by atomic mass is 16.1. The van der Waals surface area contributed by atoms with Gasteiger partial charge < -0.3 is 5.73 Å². The van der Waals surface area contributed by atoms with Crippen LogP contribution in [0.2, 0.25) is 0 Å². The first-order valence-corrected chi connectivity index (χ1v) is 2.83. The molecule has 0 aliphatic heterocycles. The Morgan fingerprint density at radius 2 is 2.33 bits per heavy atom. The summed E-state index contributed by atoms with van der Waals surface area (Å²) in [6.07, 6.45) is 4.36. The third-order valence-electron chi connectivity index (χ3n) is 0.871. The highest BCUT2D eigenvalue weighted by Crippen LogP contribution is 1.91.